The fraction of sp³-hybridized carbons (Fsp3) is 0.350. The van der Waals surface area contributed by atoms with Crippen LogP contribution in [0.2, 0.25) is 5.02 Å². The zero-order valence-corrected chi connectivity index (χ0v) is 16.7. The summed E-state index contributed by atoms with van der Waals surface area (Å²) in [5.41, 5.74) is 0.871. The van der Waals surface area contributed by atoms with Crippen molar-refractivity contribution in [3.05, 3.63) is 58.9 Å². The Morgan fingerprint density at radius 1 is 1.14 bits per heavy atom. The van der Waals surface area contributed by atoms with Gasteiger partial charge in [0, 0.05) is 41.8 Å². The van der Waals surface area contributed by atoms with Gasteiger partial charge in [0.15, 0.2) is 0 Å². The zero-order valence-electron chi connectivity index (χ0n) is 15.1. The first-order valence-corrected chi connectivity index (χ1v) is 11.0. The van der Waals surface area contributed by atoms with E-state index in [1.165, 1.54) is 28.6 Å². The molecule has 28 heavy (non-hydrogen) atoms. The standard InChI is InChI=1S/C20H20ClFN2O3S/c21-18-3-1-4-19(22)17(18)13-24(15-6-7-15)28(26,27)16-10-8-14(9-11-16)23-12-2-5-20(23)25/h1,3-4,8-11,15H,2,5-7,12-13H2. The van der Waals surface area contributed by atoms with Crippen LogP contribution in [0.4, 0.5) is 10.1 Å². The SMILES string of the molecule is O=C1CCCN1c1ccc(S(=O)(=O)N(Cc2c(F)cccc2Cl)C2CC2)cc1. The van der Waals surface area contributed by atoms with Crippen LogP contribution in [0.25, 0.3) is 0 Å². The molecule has 148 valence electrons. The molecule has 8 heteroatoms. The van der Waals surface area contributed by atoms with E-state index < -0.39 is 15.8 Å². The molecule has 1 saturated heterocycles. The van der Waals surface area contributed by atoms with E-state index in [1.54, 1.807) is 23.1 Å². The molecule has 2 fully saturated rings. The maximum Gasteiger partial charge on any atom is 0.243 e. The number of hydrogen-bond donors (Lipinski definition) is 0. The summed E-state index contributed by atoms with van der Waals surface area (Å²) in [4.78, 5) is 13.7. The quantitative estimate of drug-likeness (QED) is 0.708. The third-order valence-corrected chi connectivity index (χ3v) is 7.42. The topological polar surface area (TPSA) is 57.7 Å². The van der Waals surface area contributed by atoms with Crippen molar-refractivity contribution >= 4 is 33.2 Å². The van der Waals surface area contributed by atoms with Gasteiger partial charge in [-0.3, -0.25) is 4.79 Å². The molecule has 1 aliphatic carbocycles. The van der Waals surface area contributed by atoms with E-state index in [9.17, 15) is 17.6 Å². The smallest absolute Gasteiger partial charge is 0.243 e. The van der Waals surface area contributed by atoms with Crippen molar-refractivity contribution in [2.24, 2.45) is 0 Å². The van der Waals surface area contributed by atoms with Gasteiger partial charge in [-0.25, -0.2) is 12.8 Å². The third-order valence-electron chi connectivity index (χ3n) is 5.16. The zero-order chi connectivity index (χ0) is 19.9. The molecule has 1 saturated carbocycles. The van der Waals surface area contributed by atoms with Crippen LogP contribution in [0.15, 0.2) is 47.4 Å². The predicted octanol–water partition coefficient (Wildman–Crippen LogP) is 3.96. The Kier molecular flexibility index (Phi) is 5.16. The molecule has 2 aromatic carbocycles. The summed E-state index contributed by atoms with van der Waals surface area (Å²) in [5.74, 6) is -0.472. The molecule has 1 amide bonds. The number of nitrogens with zero attached hydrogens (tertiary/aromatic N) is 2. The molecule has 0 N–H and O–H groups in total. The molecule has 2 aromatic rings. The van der Waals surface area contributed by atoms with Gasteiger partial charge in [0.05, 0.1) is 4.90 Å². The minimum Gasteiger partial charge on any atom is -0.312 e. The molecule has 1 aliphatic heterocycles. The molecule has 0 radical (unpaired) electrons. The Balaban J connectivity index is 1.62. The summed E-state index contributed by atoms with van der Waals surface area (Å²) in [6.45, 7) is 0.537. The molecule has 0 unspecified atom stereocenters. The van der Waals surface area contributed by atoms with Crippen molar-refractivity contribution < 1.29 is 17.6 Å². The summed E-state index contributed by atoms with van der Waals surface area (Å²) in [6, 6.07) is 10.5. The van der Waals surface area contributed by atoms with Crippen molar-refractivity contribution in [3.8, 4) is 0 Å². The second-order valence-corrected chi connectivity index (χ2v) is 9.42. The van der Waals surface area contributed by atoms with Gasteiger partial charge in [0.25, 0.3) is 0 Å². The molecule has 1 heterocycles. The van der Waals surface area contributed by atoms with Gasteiger partial charge in [-0.1, -0.05) is 17.7 Å². The average molecular weight is 423 g/mol. The number of hydrogen-bond acceptors (Lipinski definition) is 3. The first-order chi connectivity index (χ1) is 13.4. The predicted molar refractivity (Wildman–Crippen MR) is 105 cm³/mol. The highest BCUT2D eigenvalue weighted by atomic mass is 35.5. The highest BCUT2D eigenvalue weighted by molar-refractivity contribution is 7.89. The van der Waals surface area contributed by atoms with E-state index in [-0.39, 0.29) is 34.0 Å². The number of carbonyl (C=O) groups excluding carboxylic acids is 1. The number of carbonyl (C=O) groups is 1. The third kappa shape index (κ3) is 3.66. The lowest BCUT2D eigenvalue weighted by Crippen LogP contribution is -2.33. The highest BCUT2D eigenvalue weighted by Crippen LogP contribution is 2.35. The largest absolute Gasteiger partial charge is 0.312 e. The van der Waals surface area contributed by atoms with Crippen LogP contribution >= 0.6 is 11.6 Å². The van der Waals surface area contributed by atoms with Gasteiger partial charge < -0.3 is 4.90 Å². The van der Waals surface area contributed by atoms with E-state index >= 15 is 0 Å². The molecular formula is C20H20ClFN2O3S. The van der Waals surface area contributed by atoms with Gasteiger partial charge in [-0.05, 0) is 55.7 Å². The lowest BCUT2D eigenvalue weighted by atomic mass is 10.2. The van der Waals surface area contributed by atoms with Gasteiger partial charge in [-0.2, -0.15) is 4.31 Å². The molecule has 2 aliphatic rings. The number of halogens is 2. The highest BCUT2D eigenvalue weighted by Gasteiger charge is 2.39. The van der Waals surface area contributed by atoms with Crippen LogP contribution in [-0.4, -0.2) is 31.2 Å². The Morgan fingerprint density at radius 2 is 1.86 bits per heavy atom. The van der Waals surface area contributed by atoms with Crippen molar-refractivity contribution in [2.45, 2.75) is 43.2 Å². The van der Waals surface area contributed by atoms with Crippen LogP contribution < -0.4 is 4.90 Å². The van der Waals surface area contributed by atoms with E-state index in [1.807, 2.05) is 0 Å². The summed E-state index contributed by atoms with van der Waals surface area (Å²) < 4.78 is 42.0. The van der Waals surface area contributed by atoms with Crippen molar-refractivity contribution in [1.29, 1.82) is 0 Å². The average Bonchev–Trinajstić information content (AvgIpc) is 3.41. The summed E-state index contributed by atoms with van der Waals surface area (Å²) in [7, 11) is -3.82. The minimum absolute atomic E-state index is 0.0457. The monoisotopic (exact) mass is 422 g/mol. The first kappa shape index (κ1) is 19.4. The summed E-state index contributed by atoms with van der Waals surface area (Å²) >= 11 is 6.10. The molecule has 0 spiro atoms. The van der Waals surface area contributed by atoms with E-state index in [0.717, 1.165) is 19.3 Å². The molecule has 0 atom stereocenters. The van der Waals surface area contributed by atoms with Crippen LogP contribution in [-0.2, 0) is 21.4 Å². The van der Waals surface area contributed by atoms with Gasteiger partial charge in [0.1, 0.15) is 5.82 Å². The first-order valence-electron chi connectivity index (χ1n) is 9.23. The van der Waals surface area contributed by atoms with Crippen molar-refractivity contribution in [2.75, 3.05) is 11.4 Å². The van der Waals surface area contributed by atoms with E-state index in [2.05, 4.69) is 0 Å². The van der Waals surface area contributed by atoms with E-state index in [0.29, 0.717) is 18.7 Å². The van der Waals surface area contributed by atoms with Crippen molar-refractivity contribution in [3.63, 3.8) is 0 Å². The number of sulfonamides is 1. The second-order valence-electron chi connectivity index (χ2n) is 7.12. The lowest BCUT2D eigenvalue weighted by Gasteiger charge is -2.23. The molecule has 0 bridgehead atoms. The fourth-order valence-electron chi connectivity index (χ4n) is 3.47. The molecule has 4 rings (SSSR count). The normalized spacial score (nSPS) is 17.5. The Bertz CT molecular complexity index is 986. The Labute approximate surface area is 168 Å². The minimum atomic E-state index is -3.82. The van der Waals surface area contributed by atoms with Crippen molar-refractivity contribution in [1.82, 2.24) is 4.31 Å². The Hall–Kier alpha value is -1.96. The number of benzene rings is 2. The van der Waals surface area contributed by atoms with Crippen LogP contribution in [0.3, 0.4) is 0 Å². The van der Waals surface area contributed by atoms with Gasteiger partial charge in [-0.15, -0.1) is 0 Å². The van der Waals surface area contributed by atoms with Crippen LogP contribution in [0.5, 0.6) is 0 Å². The lowest BCUT2D eigenvalue weighted by molar-refractivity contribution is -0.117. The number of rotatable bonds is 6. The maximum atomic E-state index is 14.2. The second kappa shape index (κ2) is 7.46. The Morgan fingerprint density at radius 3 is 2.43 bits per heavy atom. The molecule has 5 nitrogen and oxygen atoms in total. The maximum absolute atomic E-state index is 14.2. The summed E-state index contributed by atoms with van der Waals surface area (Å²) in [6.07, 6.45) is 2.80. The summed E-state index contributed by atoms with van der Waals surface area (Å²) in [5, 5.41) is 0.212. The molecule has 0 aromatic heterocycles. The van der Waals surface area contributed by atoms with Crippen LogP contribution in [0.1, 0.15) is 31.2 Å². The van der Waals surface area contributed by atoms with E-state index in [4.69, 9.17) is 11.6 Å². The number of anilines is 1. The molecular weight excluding hydrogens is 403 g/mol. The van der Waals surface area contributed by atoms with Gasteiger partial charge in [0.2, 0.25) is 15.9 Å². The van der Waals surface area contributed by atoms with Gasteiger partial charge >= 0.3 is 0 Å². The number of amides is 1. The van der Waals surface area contributed by atoms with Crippen LogP contribution in [0, 0.1) is 5.82 Å². The fourth-order valence-corrected chi connectivity index (χ4v) is 5.34.